The van der Waals surface area contributed by atoms with Crippen LogP contribution in [0.4, 0.5) is 5.82 Å². The van der Waals surface area contributed by atoms with E-state index in [1.165, 1.54) is 11.9 Å². The van der Waals surface area contributed by atoms with Crippen molar-refractivity contribution in [3.05, 3.63) is 60.0 Å². The molecule has 2 atom stereocenters. The normalized spacial score (nSPS) is 19.2. The number of anilines is 1. The maximum atomic E-state index is 6.50. The molecule has 2 aromatic heterocycles. The Hall–Kier alpha value is -2.95. The Morgan fingerprint density at radius 2 is 2.00 bits per heavy atom. The van der Waals surface area contributed by atoms with Crippen molar-refractivity contribution in [2.75, 3.05) is 12.3 Å². The van der Waals surface area contributed by atoms with Gasteiger partial charge >= 0.3 is 0 Å². The molecule has 0 aliphatic carbocycles. The van der Waals surface area contributed by atoms with Gasteiger partial charge in [-0.2, -0.15) is 5.10 Å². The number of rotatable bonds is 5. The average Bonchev–Trinajstić information content (AvgIpc) is 3.32. The van der Waals surface area contributed by atoms with Crippen LogP contribution in [0.15, 0.2) is 48.8 Å². The summed E-state index contributed by atoms with van der Waals surface area (Å²) in [7, 11) is 0. The van der Waals surface area contributed by atoms with Crippen LogP contribution in [0.25, 0.3) is 5.52 Å². The zero-order valence-corrected chi connectivity index (χ0v) is 14.4. The maximum Gasteiger partial charge on any atom is 0.151 e. The van der Waals surface area contributed by atoms with E-state index in [-0.39, 0.29) is 12.2 Å². The van der Waals surface area contributed by atoms with Crippen molar-refractivity contribution in [3.63, 3.8) is 0 Å². The predicted octanol–water partition coefficient (Wildman–Crippen LogP) is 2.89. The van der Waals surface area contributed by atoms with Crippen LogP contribution >= 0.6 is 0 Å². The molecule has 134 valence electrons. The number of aromatic nitrogens is 3. The lowest BCUT2D eigenvalue weighted by Crippen LogP contribution is -2.15. The van der Waals surface area contributed by atoms with Crippen molar-refractivity contribution < 1.29 is 9.47 Å². The molecule has 0 saturated carbocycles. The van der Waals surface area contributed by atoms with Gasteiger partial charge in [-0.1, -0.05) is 30.3 Å². The Morgan fingerprint density at radius 1 is 1.19 bits per heavy atom. The Balaban J connectivity index is 0.000000948. The molecule has 7 nitrogen and oxygen atoms in total. The Labute approximate surface area is 152 Å². The van der Waals surface area contributed by atoms with Gasteiger partial charge in [-0.15, -0.1) is 0 Å². The second kappa shape index (κ2) is 8.43. The van der Waals surface area contributed by atoms with Gasteiger partial charge in [0.15, 0.2) is 5.82 Å². The van der Waals surface area contributed by atoms with Crippen LogP contribution in [0.1, 0.15) is 30.2 Å². The predicted molar refractivity (Wildman–Crippen MR) is 97.0 cm³/mol. The van der Waals surface area contributed by atoms with Gasteiger partial charge in [0.25, 0.3) is 0 Å². The number of nitrogen functional groups attached to an aromatic ring is 1. The third kappa shape index (κ3) is 3.82. The first-order valence-electron chi connectivity index (χ1n) is 8.42. The van der Waals surface area contributed by atoms with Crippen LogP contribution < -0.4 is 5.73 Å². The fraction of sp³-hybridized carbons (Fsp3) is 0.316. The van der Waals surface area contributed by atoms with Gasteiger partial charge < -0.3 is 15.2 Å². The highest BCUT2D eigenvalue weighted by Gasteiger charge is 2.29. The molecule has 3 aromatic rings. The third-order valence-electron chi connectivity index (χ3n) is 4.36. The topological polar surface area (TPSA) is 98.5 Å². The van der Waals surface area contributed by atoms with Gasteiger partial charge in [0.1, 0.15) is 17.9 Å². The number of hydrogen-bond acceptors (Lipinski definition) is 6. The van der Waals surface area contributed by atoms with Crippen molar-refractivity contribution in [2.45, 2.75) is 31.7 Å². The van der Waals surface area contributed by atoms with E-state index in [4.69, 9.17) is 20.5 Å². The van der Waals surface area contributed by atoms with E-state index in [1.54, 1.807) is 0 Å². The molecule has 0 spiro atoms. The minimum Gasteiger partial charge on any atom is -0.382 e. The number of fused-ring (bicyclic) bond motifs is 1. The molecule has 7 heteroatoms. The largest absolute Gasteiger partial charge is 0.382 e. The van der Waals surface area contributed by atoms with Crippen molar-refractivity contribution in [1.29, 1.82) is 5.26 Å². The molecule has 1 aliphatic heterocycles. The summed E-state index contributed by atoms with van der Waals surface area (Å²) < 4.78 is 13.8. The number of nitrogens with zero attached hydrogens (tertiary/aromatic N) is 4. The first-order chi connectivity index (χ1) is 12.8. The van der Waals surface area contributed by atoms with E-state index < -0.39 is 0 Å². The lowest BCUT2D eigenvalue weighted by atomic mass is 10.1. The Kier molecular flexibility index (Phi) is 5.79. The van der Waals surface area contributed by atoms with Gasteiger partial charge in [-0.3, -0.25) is 0 Å². The summed E-state index contributed by atoms with van der Waals surface area (Å²) in [6.07, 6.45) is 3.54. The van der Waals surface area contributed by atoms with Crippen molar-refractivity contribution in [2.24, 2.45) is 0 Å². The quantitative estimate of drug-likeness (QED) is 0.759. The summed E-state index contributed by atoms with van der Waals surface area (Å²) in [6, 6.07) is 14.1. The second-order valence-electron chi connectivity index (χ2n) is 6.03. The van der Waals surface area contributed by atoms with E-state index in [2.05, 4.69) is 28.8 Å². The van der Waals surface area contributed by atoms with Gasteiger partial charge in [0, 0.05) is 6.57 Å². The summed E-state index contributed by atoms with van der Waals surface area (Å²) in [5.74, 6) is 0.483. The van der Waals surface area contributed by atoms with Crippen LogP contribution in [-0.4, -0.2) is 27.3 Å². The highest BCUT2D eigenvalue weighted by Crippen LogP contribution is 2.33. The van der Waals surface area contributed by atoms with E-state index >= 15 is 0 Å². The van der Waals surface area contributed by atoms with E-state index in [9.17, 15) is 0 Å². The Bertz CT molecular complexity index is 862. The Morgan fingerprint density at radius 3 is 2.81 bits per heavy atom. The number of hydrogen-bond donors (Lipinski definition) is 1. The highest BCUT2D eigenvalue weighted by molar-refractivity contribution is 5.65. The zero-order chi connectivity index (χ0) is 18.4. The molecule has 2 N–H and O–H groups in total. The SMILES string of the molecule is C#N.Nc1ncnn2c(C3CCC(COCc4ccccc4)O3)ccc12. The molecular formula is C19H21N5O2. The lowest BCUT2D eigenvalue weighted by Gasteiger charge is -2.14. The average molecular weight is 351 g/mol. The molecule has 2 unspecified atom stereocenters. The minimum atomic E-state index is 0.0205. The highest BCUT2D eigenvalue weighted by atomic mass is 16.5. The molecule has 1 aliphatic rings. The van der Waals surface area contributed by atoms with Crippen LogP contribution in [0, 0.1) is 11.8 Å². The third-order valence-corrected chi connectivity index (χ3v) is 4.36. The number of nitriles is 1. The van der Waals surface area contributed by atoms with E-state index in [1.807, 2.05) is 34.8 Å². The molecule has 0 amide bonds. The molecular weight excluding hydrogens is 330 g/mol. The van der Waals surface area contributed by atoms with Crippen LogP contribution in [0.5, 0.6) is 0 Å². The first-order valence-corrected chi connectivity index (χ1v) is 8.42. The number of nitrogens with two attached hydrogens (primary N) is 1. The summed E-state index contributed by atoms with van der Waals surface area (Å²) in [6.45, 7) is 4.72. The molecule has 0 radical (unpaired) electrons. The van der Waals surface area contributed by atoms with E-state index in [0.29, 0.717) is 19.0 Å². The monoisotopic (exact) mass is 351 g/mol. The summed E-state index contributed by atoms with van der Waals surface area (Å²) in [4.78, 5) is 4.02. The van der Waals surface area contributed by atoms with Gasteiger partial charge in [-0.05, 0) is 30.5 Å². The molecule has 1 aromatic carbocycles. The van der Waals surface area contributed by atoms with Gasteiger partial charge in [-0.25, -0.2) is 14.8 Å². The van der Waals surface area contributed by atoms with Crippen LogP contribution in [0.2, 0.25) is 0 Å². The standard InChI is InChI=1S/C18H20N4O2.CHN/c19-18-16-8-7-15(22(16)21-12-20-18)17-9-6-14(24-17)11-23-10-13-4-2-1-3-5-13;1-2/h1-5,7-8,12,14,17H,6,9-11H2,(H2,19,20,21);1H. The van der Waals surface area contributed by atoms with Gasteiger partial charge in [0.2, 0.25) is 0 Å². The zero-order valence-electron chi connectivity index (χ0n) is 14.4. The molecule has 0 bridgehead atoms. The smallest absolute Gasteiger partial charge is 0.151 e. The summed E-state index contributed by atoms with van der Waals surface area (Å²) in [5, 5.41) is 10.8. The van der Waals surface area contributed by atoms with Crippen molar-refractivity contribution >= 4 is 11.3 Å². The fourth-order valence-electron chi connectivity index (χ4n) is 3.15. The number of ether oxygens (including phenoxy) is 2. The number of benzene rings is 1. The lowest BCUT2D eigenvalue weighted by molar-refractivity contribution is -0.0221. The molecule has 26 heavy (non-hydrogen) atoms. The van der Waals surface area contributed by atoms with Crippen molar-refractivity contribution in [1.82, 2.24) is 14.6 Å². The summed E-state index contributed by atoms with van der Waals surface area (Å²) in [5.41, 5.74) is 8.90. The van der Waals surface area contributed by atoms with Gasteiger partial charge in [0.05, 0.1) is 25.0 Å². The summed E-state index contributed by atoms with van der Waals surface area (Å²) >= 11 is 0. The van der Waals surface area contributed by atoms with Crippen molar-refractivity contribution in [3.8, 4) is 6.57 Å². The first kappa shape index (κ1) is 17.9. The molecule has 3 heterocycles. The maximum absolute atomic E-state index is 6.50. The molecule has 1 saturated heterocycles. The molecule has 1 fully saturated rings. The second-order valence-corrected chi connectivity index (χ2v) is 6.03. The minimum absolute atomic E-state index is 0.0205. The fourth-order valence-corrected chi connectivity index (χ4v) is 3.15. The van der Waals surface area contributed by atoms with E-state index in [0.717, 1.165) is 24.1 Å². The van der Waals surface area contributed by atoms with Crippen LogP contribution in [0.3, 0.4) is 0 Å². The van der Waals surface area contributed by atoms with Crippen LogP contribution in [-0.2, 0) is 16.1 Å². The molecule has 4 rings (SSSR count).